The van der Waals surface area contributed by atoms with Crippen LogP contribution in [0, 0.1) is 23.7 Å². The van der Waals surface area contributed by atoms with Crippen LogP contribution in [0.3, 0.4) is 0 Å². The standard InChI is InChI=1S/C17H21NO5/c18-17(16(22)23)12-8-11(14(17)15(20)21)7-10(12)6-5-9-3-1-2-4-13(9)19/h1-4,10-12,14,19H,5-8,18H2,(H,20,21)(H,22,23)/t10-,11+,12?,14-,17-/m1/s1. The van der Waals surface area contributed by atoms with Crippen LogP contribution in [0.25, 0.3) is 0 Å². The van der Waals surface area contributed by atoms with Crippen molar-refractivity contribution in [2.75, 3.05) is 0 Å². The number of phenolic OH excluding ortho intramolecular Hbond substituents is 1. The van der Waals surface area contributed by atoms with Crippen molar-refractivity contribution in [3.8, 4) is 5.75 Å². The number of carboxylic acids is 2. The zero-order chi connectivity index (χ0) is 16.8. The van der Waals surface area contributed by atoms with E-state index in [4.69, 9.17) is 5.73 Å². The monoisotopic (exact) mass is 319 g/mol. The largest absolute Gasteiger partial charge is 0.508 e. The van der Waals surface area contributed by atoms with Gasteiger partial charge in [0.2, 0.25) is 0 Å². The highest BCUT2D eigenvalue weighted by molar-refractivity contribution is 5.88. The topological polar surface area (TPSA) is 121 Å². The van der Waals surface area contributed by atoms with Gasteiger partial charge in [-0.1, -0.05) is 18.2 Å². The maximum absolute atomic E-state index is 11.7. The molecule has 0 saturated heterocycles. The number of hydrogen-bond donors (Lipinski definition) is 4. The van der Waals surface area contributed by atoms with Gasteiger partial charge in [-0.2, -0.15) is 0 Å². The molecule has 2 fully saturated rings. The van der Waals surface area contributed by atoms with Crippen LogP contribution in [0.15, 0.2) is 24.3 Å². The van der Waals surface area contributed by atoms with E-state index in [1.807, 2.05) is 12.1 Å². The molecule has 124 valence electrons. The number of fused-ring (bicyclic) bond motifs is 2. The lowest BCUT2D eigenvalue weighted by Gasteiger charge is -2.39. The van der Waals surface area contributed by atoms with E-state index in [-0.39, 0.29) is 23.5 Å². The van der Waals surface area contributed by atoms with Crippen LogP contribution in [-0.2, 0) is 16.0 Å². The summed E-state index contributed by atoms with van der Waals surface area (Å²) in [5, 5.41) is 28.7. The number of carbonyl (C=O) groups is 2. The molecule has 2 saturated carbocycles. The molecule has 0 heterocycles. The van der Waals surface area contributed by atoms with E-state index in [0.717, 1.165) is 5.56 Å². The van der Waals surface area contributed by atoms with E-state index in [2.05, 4.69) is 0 Å². The highest BCUT2D eigenvalue weighted by atomic mass is 16.4. The number of nitrogens with two attached hydrogens (primary N) is 1. The van der Waals surface area contributed by atoms with Crippen LogP contribution in [-0.4, -0.2) is 32.8 Å². The van der Waals surface area contributed by atoms with E-state index >= 15 is 0 Å². The van der Waals surface area contributed by atoms with Crippen molar-refractivity contribution < 1.29 is 24.9 Å². The van der Waals surface area contributed by atoms with E-state index in [0.29, 0.717) is 25.7 Å². The maximum atomic E-state index is 11.7. The number of aromatic hydroxyl groups is 1. The SMILES string of the molecule is N[C@]1(C(=O)O)C2C[C@H](C[C@H]2CCc2ccccc2O)[C@@H]1C(=O)O. The fourth-order valence-electron chi connectivity index (χ4n) is 4.73. The van der Waals surface area contributed by atoms with E-state index in [9.17, 15) is 24.9 Å². The molecule has 3 rings (SSSR count). The average molecular weight is 319 g/mol. The summed E-state index contributed by atoms with van der Waals surface area (Å²) in [4.78, 5) is 23.1. The van der Waals surface area contributed by atoms with Gasteiger partial charge in [-0.15, -0.1) is 0 Å². The quantitative estimate of drug-likeness (QED) is 0.652. The normalized spacial score (nSPS) is 35.3. The van der Waals surface area contributed by atoms with Crippen LogP contribution in [0.1, 0.15) is 24.8 Å². The van der Waals surface area contributed by atoms with Crippen LogP contribution < -0.4 is 5.73 Å². The minimum Gasteiger partial charge on any atom is -0.508 e. The molecule has 5 N–H and O–H groups in total. The summed E-state index contributed by atoms with van der Waals surface area (Å²) in [5.41, 5.74) is 5.23. The van der Waals surface area contributed by atoms with Crippen molar-refractivity contribution in [1.29, 1.82) is 0 Å². The molecule has 0 radical (unpaired) electrons. The summed E-state index contributed by atoms with van der Waals surface area (Å²) in [5.74, 6) is -3.52. The number of aryl methyl sites for hydroxylation is 1. The third-order valence-electron chi connectivity index (χ3n) is 5.74. The summed E-state index contributed by atoms with van der Waals surface area (Å²) in [7, 11) is 0. The number of rotatable bonds is 5. The average Bonchev–Trinajstić information content (AvgIpc) is 3.02. The Hall–Kier alpha value is -2.08. The van der Waals surface area contributed by atoms with Gasteiger partial charge < -0.3 is 21.1 Å². The first kappa shape index (κ1) is 15.8. The molecule has 2 aliphatic rings. The van der Waals surface area contributed by atoms with E-state index < -0.39 is 23.4 Å². The van der Waals surface area contributed by atoms with Gasteiger partial charge in [0, 0.05) is 0 Å². The Morgan fingerprint density at radius 2 is 1.91 bits per heavy atom. The second kappa shape index (κ2) is 5.53. The second-order valence-electron chi connectivity index (χ2n) is 6.82. The molecule has 0 spiro atoms. The van der Waals surface area contributed by atoms with Crippen molar-refractivity contribution in [1.82, 2.24) is 0 Å². The number of carboxylic acid groups (broad SMARTS) is 2. The van der Waals surface area contributed by atoms with E-state index in [1.54, 1.807) is 12.1 Å². The molecule has 6 heteroatoms. The Labute approximate surface area is 133 Å². The number of para-hydroxylation sites is 1. The van der Waals surface area contributed by atoms with Gasteiger partial charge in [0.15, 0.2) is 0 Å². The van der Waals surface area contributed by atoms with Gasteiger partial charge in [-0.3, -0.25) is 9.59 Å². The van der Waals surface area contributed by atoms with Crippen LogP contribution in [0.5, 0.6) is 5.75 Å². The van der Waals surface area contributed by atoms with Gasteiger partial charge >= 0.3 is 11.9 Å². The highest BCUT2D eigenvalue weighted by Crippen LogP contribution is 2.57. The Morgan fingerprint density at radius 3 is 2.52 bits per heavy atom. The van der Waals surface area contributed by atoms with Crippen molar-refractivity contribution in [3.63, 3.8) is 0 Å². The molecule has 23 heavy (non-hydrogen) atoms. The van der Waals surface area contributed by atoms with Gasteiger partial charge in [-0.05, 0) is 55.1 Å². The fourth-order valence-corrected chi connectivity index (χ4v) is 4.73. The predicted octanol–water partition coefficient (Wildman–Crippen LogP) is 1.46. The van der Waals surface area contributed by atoms with Gasteiger partial charge in [0.05, 0.1) is 5.92 Å². The molecule has 0 aliphatic heterocycles. The Balaban J connectivity index is 1.77. The molecule has 0 amide bonds. The molecule has 1 aromatic rings. The lowest BCUT2D eigenvalue weighted by atomic mass is 9.67. The van der Waals surface area contributed by atoms with Gasteiger partial charge in [0.25, 0.3) is 0 Å². The maximum Gasteiger partial charge on any atom is 0.324 e. The molecular formula is C17H21NO5. The van der Waals surface area contributed by atoms with Crippen molar-refractivity contribution in [2.24, 2.45) is 29.4 Å². The Morgan fingerprint density at radius 1 is 1.22 bits per heavy atom. The second-order valence-corrected chi connectivity index (χ2v) is 6.82. The minimum atomic E-state index is -1.68. The summed E-state index contributed by atoms with van der Waals surface area (Å²) < 4.78 is 0. The van der Waals surface area contributed by atoms with Crippen molar-refractivity contribution >= 4 is 11.9 Å². The first-order valence-electron chi connectivity index (χ1n) is 7.87. The third kappa shape index (κ3) is 2.37. The number of benzene rings is 1. The van der Waals surface area contributed by atoms with Gasteiger partial charge in [-0.25, -0.2) is 0 Å². The van der Waals surface area contributed by atoms with Gasteiger partial charge in [0.1, 0.15) is 11.3 Å². The van der Waals surface area contributed by atoms with Crippen LogP contribution >= 0.6 is 0 Å². The molecule has 1 unspecified atom stereocenters. The third-order valence-corrected chi connectivity index (χ3v) is 5.74. The molecule has 2 bridgehead atoms. The Bertz CT molecular complexity index is 646. The summed E-state index contributed by atoms with van der Waals surface area (Å²) in [6.07, 6.45) is 2.60. The first-order valence-corrected chi connectivity index (χ1v) is 7.87. The summed E-state index contributed by atoms with van der Waals surface area (Å²) in [6, 6.07) is 7.07. The lowest BCUT2D eigenvalue weighted by Crippen LogP contribution is -2.62. The van der Waals surface area contributed by atoms with E-state index in [1.165, 1.54) is 0 Å². The first-order chi connectivity index (χ1) is 10.9. The molecular weight excluding hydrogens is 298 g/mol. The molecule has 1 aromatic carbocycles. The zero-order valence-electron chi connectivity index (χ0n) is 12.7. The zero-order valence-corrected chi connectivity index (χ0v) is 12.7. The lowest BCUT2D eigenvalue weighted by molar-refractivity contribution is -0.159. The smallest absolute Gasteiger partial charge is 0.324 e. The highest BCUT2D eigenvalue weighted by Gasteiger charge is 2.66. The summed E-state index contributed by atoms with van der Waals surface area (Å²) >= 11 is 0. The Kier molecular flexibility index (Phi) is 3.80. The van der Waals surface area contributed by atoms with Crippen molar-refractivity contribution in [2.45, 2.75) is 31.2 Å². The predicted molar refractivity (Wildman–Crippen MR) is 81.8 cm³/mol. The number of phenols is 1. The summed E-state index contributed by atoms with van der Waals surface area (Å²) in [6.45, 7) is 0. The molecule has 0 aromatic heterocycles. The van der Waals surface area contributed by atoms with Crippen molar-refractivity contribution in [3.05, 3.63) is 29.8 Å². The minimum absolute atomic E-state index is 0.0799. The molecule has 5 atom stereocenters. The fraction of sp³-hybridized carbons (Fsp3) is 0.529. The molecule has 6 nitrogen and oxygen atoms in total. The number of hydrogen-bond acceptors (Lipinski definition) is 4. The van der Waals surface area contributed by atoms with Crippen LogP contribution in [0.4, 0.5) is 0 Å². The molecule has 2 aliphatic carbocycles. The van der Waals surface area contributed by atoms with Crippen LogP contribution in [0.2, 0.25) is 0 Å². The number of aliphatic carboxylic acids is 2.